The van der Waals surface area contributed by atoms with E-state index in [1.807, 2.05) is 61.5 Å². The zero-order chi connectivity index (χ0) is 27.7. The van der Waals surface area contributed by atoms with E-state index >= 15 is 0 Å². The molecular weight excluding hydrogens is 522 g/mol. The Balaban J connectivity index is 1.76. The van der Waals surface area contributed by atoms with Gasteiger partial charge in [-0.2, -0.15) is 0 Å². The Morgan fingerprint density at radius 3 is 2.50 bits per heavy atom. The van der Waals surface area contributed by atoms with Crippen molar-refractivity contribution in [3.05, 3.63) is 76.3 Å². The van der Waals surface area contributed by atoms with Gasteiger partial charge in [0.05, 0.1) is 21.3 Å². The first kappa shape index (κ1) is 29.3. The van der Waals surface area contributed by atoms with Crippen molar-refractivity contribution in [3.63, 3.8) is 0 Å². The number of carbonyl (C=O) groups excluding carboxylic acids is 3. The summed E-state index contributed by atoms with van der Waals surface area (Å²) >= 11 is 7.55. The van der Waals surface area contributed by atoms with Crippen LogP contribution in [0, 0.1) is 0 Å². The predicted molar refractivity (Wildman–Crippen MR) is 153 cm³/mol. The molecule has 2 atom stereocenters. The molecule has 3 amide bonds. The summed E-state index contributed by atoms with van der Waals surface area (Å²) in [4.78, 5) is 44.8. The highest BCUT2D eigenvalue weighted by Gasteiger charge is 2.25. The first-order chi connectivity index (χ1) is 18.1. The van der Waals surface area contributed by atoms with Crippen LogP contribution in [0.2, 0.25) is 5.02 Å². The van der Waals surface area contributed by atoms with Crippen LogP contribution in [0.5, 0.6) is 0 Å². The first-order valence-electron chi connectivity index (χ1n) is 12.4. The standard InChI is InChI=1S/C28H34ClN5O3S/c1-5-25(35)32-23(15-26-33-22-12-11-20(29)14-24(22)38-26)28(37)31-21(13-19-9-7-6-8-10-19)16-30-27(36)18(2)17-34(3)4/h6-12,14,21,23H,2,5,13,15-17H2,1,3-4H3,(H,30,36)(H,31,37)(H,32,35)/t21-,23-/m0/s1. The predicted octanol–water partition coefficient (Wildman–Crippen LogP) is 3.35. The second kappa shape index (κ2) is 14.0. The van der Waals surface area contributed by atoms with Crippen LogP contribution >= 0.6 is 22.9 Å². The fourth-order valence-corrected chi connectivity index (χ4v) is 5.17. The van der Waals surface area contributed by atoms with Crippen LogP contribution in [0.4, 0.5) is 0 Å². The highest BCUT2D eigenvalue weighted by molar-refractivity contribution is 7.18. The van der Waals surface area contributed by atoms with E-state index in [1.165, 1.54) is 11.3 Å². The molecule has 202 valence electrons. The van der Waals surface area contributed by atoms with Gasteiger partial charge in [0.25, 0.3) is 0 Å². The van der Waals surface area contributed by atoms with Crippen molar-refractivity contribution in [2.75, 3.05) is 27.2 Å². The Morgan fingerprint density at radius 2 is 1.82 bits per heavy atom. The number of carbonyl (C=O) groups is 3. The van der Waals surface area contributed by atoms with Crippen molar-refractivity contribution in [2.45, 2.75) is 38.3 Å². The van der Waals surface area contributed by atoms with E-state index in [-0.39, 0.29) is 37.1 Å². The molecule has 0 aliphatic rings. The van der Waals surface area contributed by atoms with E-state index in [1.54, 1.807) is 13.0 Å². The number of hydrogen-bond acceptors (Lipinski definition) is 6. The van der Waals surface area contributed by atoms with Crippen molar-refractivity contribution >= 4 is 50.9 Å². The second-order valence-corrected chi connectivity index (χ2v) is 10.9. The minimum Gasteiger partial charge on any atom is -0.350 e. The molecule has 0 spiro atoms. The molecule has 10 heteroatoms. The first-order valence-corrected chi connectivity index (χ1v) is 13.6. The average Bonchev–Trinajstić information content (AvgIpc) is 3.28. The van der Waals surface area contributed by atoms with Crippen LogP contribution in [-0.4, -0.2) is 66.9 Å². The quantitative estimate of drug-likeness (QED) is 0.281. The van der Waals surface area contributed by atoms with Crippen LogP contribution in [0.25, 0.3) is 10.2 Å². The molecule has 3 aromatic rings. The summed E-state index contributed by atoms with van der Waals surface area (Å²) in [7, 11) is 3.73. The topological polar surface area (TPSA) is 103 Å². The lowest BCUT2D eigenvalue weighted by Gasteiger charge is -2.24. The third kappa shape index (κ3) is 8.93. The fourth-order valence-electron chi connectivity index (χ4n) is 3.88. The van der Waals surface area contributed by atoms with E-state index in [2.05, 4.69) is 27.5 Å². The van der Waals surface area contributed by atoms with Gasteiger partial charge in [-0.1, -0.05) is 55.4 Å². The molecule has 0 aliphatic heterocycles. The Bertz CT molecular complexity index is 1280. The summed E-state index contributed by atoms with van der Waals surface area (Å²) in [6.45, 7) is 6.23. The summed E-state index contributed by atoms with van der Waals surface area (Å²) in [5.41, 5.74) is 2.23. The molecular formula is C28H34ClN5O3S. The molecule has 1 aromatic heterocycles. The number of benzene rings is 2. The van der Waals surface area contributed by atoms with E-state index in [0.29, 0.717) is 28.6 Å². The maximum Gasteiger partial charge on any atom is 0.247 e. The third-order valence-electron chi connectivity index (χ3n) is 5.75. The van der Waals surface area contributed by atoms with Crippen LogP contribution in [0.3, 0.4) is 0 Å². The van der Waals surface area contributed by atoms with Gasteiger partial charge >= 0.3 is 0 Å². The Morgan fingerprint density at radius 1 is 1.08 bits per heavy atom. The fraction of sp³-hybridized carbons (Fsp3) is 0.357. The summed E-state index contributed by atoms with van der Waals surface area (Å²) < 4.78 is 0.913. The van der Waals surface area contributed by atoms with Crippen molar-refractivity contribution in [3.8, 4) is 0 Å². The van der Waals surface area contributed by atoms with Gasteiger partial charge in [0.2, 0.25) is 17.7 Å². The van der Waals surface area contributed by atoms with Crippen molar-refractivity contribution in [2.24, 2.45) is 0 Å². The normalized spacial score (nSPS) is 12.7. The number of fused-ring (bicyclic) bond motifs is 1. The summed E-state index contributed by atoms with van der Waals surface area (Å²) in [5.74, 6) is -0.844. The minimum atomic E-state index is -0.823. The molecule has 1 heterocycles. The van der Waals surface area contributed by atoms with E-state index < -0.39 is 12.1 Å². The molecule has 3 N–H and O–H groups in total. The summed E-state index contributed by atoms with van der Waals surface area (Å²) in [5, 5.41) is 10.1. The monoisotopic (exact) mass is 555 g/mol. The molecule has 0 saturated heterocycles. The molecule has 0 bridgehead atoms. The van der Waals surface area contributed by atoms with Gasteiger partial charge in [0.15, 0.2) is 0 Å². The van der Waals surface area contributed by atoms with Crippen molar-refractivity contribution in [1.82, 2.24) is 25.8 Å². The Labute approximate surface area is 232 Å². The van der Waals surface area contributed by atoms with Crippen LogP contribution in [-0.2, 0) is 27.2 Å². The number of nitrogens with one attached hydrogen (secondary N) is 3. The van der Waals surface area contributed by atoms with E-state index in [0.717, 1.165) is 15.8 Å². The van der Waals surface area contributed by atoms with Gasteiger partial charge in [-0.15, -0.1) is 11.3 Å². The zero-order valence-corrected chi connectivity index (χ0v) is 23.5. The second-order valence-electron chi connectivity index (χ2n) is 9.34. The Kier molecular flexibility index (Phi) is 10.8. The molecule has 0 saturated carbocycles. The number of thiazole rings is 1. The average molecular weight is 556 g/mol. The maximum atomic E-state index is 13.5. The smallest absolute Gasteiger partial charge is 0.247 e. The Hall–Kier alpha value is -3.27. The molecule has 0 aliphatic carbocycles. The number of amides is 3. The summed E-state index contributed by atoms with van der Waals surface area (Å²) in [6, 6.07) is 13.9. The van der Waals surface area contributed by atoms with Gasteiger partial charge in [0.1, 0.15) is 6.04 Å². The molecule has 3 rings (SSSR count). The van der Waals surface area contributed by atoms with E-state index in [9.17, 15) is 14.4 Å². The van der Waals surface area contributed by atoms with Crippen molar-refractivity contribution in [1.29, 1.82) is 0 Å². The number of halogens is 1. The number of nitrogens with zero attached hydrogens (tertiary/aromatic N) is 2. The molecule has 0 radical (unpaired) electrons. The minimum absolute atomic E-state index is 0.208. The van der Waals surface area contributed by atoms with Crippen LogP contribution in [0.1, 0.15) is 23.9 Å². The lowest BCUT2D eigenvalue weighted by atomic mass is 10.0. The zero-order valence-electron chi connectivity index (χ0n) is 21.9. The van der Waals surface area contributed by atoms with Crippen LogP contribution < -0.4 is 16.0 Å². The number of likely N-dealkylation sites (N-methyl/N-ethyl adjacent to an activating group) is 1. The van der Waals surface area contributed by atoms with Gasteiger partial charge in [-0.25, -0.2) is 4.98 Å². The molecule has 0 fully saturated rings. The van der Waals surface area contributed by atoms with E-state index in [4.69, 9.17) is 11.6 Å². The van der Waals surface area contributed by atoms with Crippen LogP contribution in [0.15, 0.2) is 60.7 Å². The van der Waals surface area contributed by atoms with Gasteiger partial charge in [0, 0.05) is 36.5 Å². The highest BCUT2D eigenvalue weighted by atomic mass is 35.5. The molecule has 38 heavy (non-hydrogen) atoms. The third-order valence-corrected chi connectivity index (χ3v) is 7.03. The van der Waals surface area contributed by atoms with Crippen molar-refractivity contribution < 1.29 is 14.4 Å². The largest absolute Gasteiger partial charge is 0.350 e. The number of aromatic nitrogens is 1. The molecule has 8 nitrogen and oxygen atoms in total. The number of hydrogen-bond donors (Lipinski definition) is 3. The number of rotatable bonds is 13. The lowest BCUT2D eigenvalue weighted by Crippen LogP contribution is -2.53. The maximum absolute atomic E-state index is 13.5. The molecule has 2 aromatic carbocycles. The molecule has 0 unspecified atom stereocenters. The van der Waals surface area contributed by atoms with Gasteiger partial charge < -0.3 is 20.9 Å². The highest BCUT2D eigenvalue weighted by Crippen LogP contribution is 2.26. The SMILES string of the molecule is C=C(CN(C)C)C(=O)NC[C@H](Cc1ccccc1)NC(=O)[C@H](Cc1nc2ccc(Cl)cc2s1)NC(=O)CC. The van der Waals surface area contributed by atoms with Gasteiger partial charge in [-0.05, 0) is 44.3 Å². The summed E-state index contributed by atoms with van der Waals surface area (Å²) in [6.07, 6.45) is 0.983. The lowest BCUT2D eigenvalue weighted by molar-refractivity contribution is -0.129. The van der Waals surface area contributed by atoms with Gasteiger partial charge in [-0.3, -0.25) is 14.4 Å².